The standard InChI is InChI=1S/C27H28N4O6/c1-35-21-11-18(12-22(13-21)36-2)28-27(34)30-14-17-10-19(15-30)31-24(17)9-8-23(26(31)33)29-25(32)16-37-20-6-4-3-5-7-20/h3-9,11-13,17,19H,10,14-16H2,1-2H3,(H,28,34)(H,29,32)/t17-,19+/m0/s1. The number of ether oxygens (including phenoxy) is 3. The van der Waals surface area contributed by atoms with Gasteiger partial charge in [0.1, 0.15) is 22.9 Å². The number of piperidine rings is 1. The summed E-state index contributed by atoms with van der Waals surface area (Å²) in [7, 11) is 3.09. The molecule has 37 heavy (non-hydrogen) atoms. The second-order valence-corrected chi connectivity index (χ2v) is 9.02. The van der Waals surface area contributed by atoms with E-state index in [1.165, 1.54) is 0 Å². The lowest BCUT2D eigenvalue weighted by atomic mass is 9.97. The summed E-state index contributed by atoms with van der Waals surface area (Å²) in [6.45, 7) is 0.657. The van der Waals surface area contributed by atoms with E-state index >= 15 is 0 Å². The molecule has 2 atom stereocenters. The molecule has 0 radical (unpaired) electrons. The van der Waals surface area contributed by atoms with Crippen molar-refractivity contribution < 1.29 is 23.8 Å². The first-order valence-corrected chi connectivity index (χ1v) is 12.0. The Morgan fingerprint density at radius 2 is 1.65 bits per heavy atom. The van der Waals surface area contributed by atoms with Crippen molar-refractivity contribution in [2.45, 2.75) is 18.4 Å². The number of likely N-dealkylation sites (tertiary alicyclic amines) is 1. The number of urea groups is 1. The summed E-state index contributed by atoms with van der Waals surface area (Å²) >= 11 is 0. The Labute approximate surface area is 213 Å². The van der Waals surface area contributed by atoms with Crippen LogP contribution in [0, 0.1) is 0 Å². The molecule has 0 unspecified atom stereocenters. The van der Waals surface area contributed by atoms with Crippen LogP contribution < -0.4 is 30.4 Å². The van der Waals surface area contributed by atoms with Gasteiger partial charge in [0.05, 0.1) is 20.3 Å². The van der Waals surface area contributed by atoms with Gasteiger partial charge in [-0.3, -0.25) is 9.59 Å². The van der Waals surface area contributed by atoms with Crippen molar-refractivity contribution in [2.75, 3.05) is 44.5 Å². The molecule has 0 saturated carbocycles. The highest BCUT2D eigenvalue weighted by molar-refractivity contribution is 5.92. The van der Waals surface area contributed by atoms with Gasteiger partial charge in [-0.1, -0.05) is 18.2 Å². The maximum atomic E-state index is 13.3. The smallest absolute Gasteiger partial charge is 0.321 e. The van der Waals surface area contributed by atoms with Crippen molar-refractivity contribution in [2.24, 2.45) is 0 Å². The van der Waals surface area contributed by atoms with Crippen LogP contribution in [-0.4, -0.2) is 55.3 Å². The van der Waals surface area contributed by atoms with Crippen LogP contribution in [0.5, 0.6) is 17.2 Å². The normalized spacial score (nSPS) is 17.5. The van der Waals surface area contributed by atoms with Crippen LogP contribution in [-0.2, 0) is 4.79 Å². The highest BCUT2D eigenvalue weighted by Gasteiger charge is 2.40. The summed E-state index contributed by atoms with van der Waals surface area (Å²) < 4.78 is 17.7. The number of hydrogen-bond donors (Lipinski definition) is 2. The van der Waals surface area contributed by atoms with E-state index in [0.717, 1.165) is 12.1 Å². The number of rotatable bonds is 7. The first-order chi connectivity index (χ1) is 17.9. The lowest BCUT2D eigenvalue weighted by Gasteiger charge is -2.31. The molecular formula is C27H28N4O6. The van der Waals surface area contributed by atoms with E-state index in [9.17, 15) is 14.4 Å². The van der Waals surface area contributed by atoms with Gasteiger partial charge in [0.25, 0.3) is 11.5 Å². The number of carbonyl (C=O) groups excluding carboxylic acids is 2. The topological polar surface area (TPSA) is 111 Å². The third kappa shape index (κ3) is 5.09. The zero-order chi connectivity index (χ0) is 25.9. The largest absolute Gasteiger partial charge is 0.497 e. The van der Waals surface area contributed by atoms with E-state index in [1.54, 1.807) is 60.1 Å². The molecule has 10 nitrogen and oxygen atoms in total. The number of para-hydroxylation sites is 1. The number of methoxy groups -OCH3 is 2. The second kappa shape index (κ2) is 10.3. The number of nitrogens with one attached hydrogen (secondary N) is 2. The minimum absolute atomic E-state index is 0.0308. The Morgan fingerprint density at radius 1 is 0.919 bits per heavy atom. The van der Waals surface area contributed by atoms with Gasteiger partial charge < -0.3 is 34.3 Å². The predicted octanol–water partition coefficient (Wildman–Crippen LogP) is 3.46. The molecule has 2 aliphatic rings. The molecule has 1 aromatic heterocycles. The summed E-state index contributed by atoms with van der Waals surface area (Å²) in [4.78, 5) is 40.5. The van der Waals surface area contributed by atoms with Gasteiger partial charge in [-0.05, 0) is 30.7 Å². The molecule has 2 N–H and O–H groups in total. The maximum absolute atomic E-state index is 13.3. The van der Waals surface area contributed by atoms with Gasteiger partial charge in [0, 0.05) is 48.6 Å². The van der Waals surface area contributed by atoms with Crippen LogP contribution in [0.25, 0.3) is 0 Å². The van der Waals surface area contributed by atoms with Crippen LogP contribution in [0.4, 0.5) is 16.2 Å². The molecule has 3 heterocycles. The van der Waals surface area contributed by atoms with Crippen LogP contribution in [0.1, 0.15) is 24.1 Å². The first kappa shape index (κ1) is 24.2. The number of aromatic nitrogens is 1. The fourth-order valence-electron chi connectivity index (χ4n) is 4.95. The van der Waals surface area contributed by atoms with E-state index in [0.29, 0.717) is 36.0 Å². The van der Waals surface area contributed by atoms with E-state index in [1.807, 2.05) is 24.3 Å². The molecule has 10 heteroatoms. The van der Waals surface area contributed by atoms with Gasteiger partial charge in [-0.15, -0.1) is 0 Å². The monoisotopic (exact) mass is 504 g/mol. The highest BCUT2D eigenvalue weighted by atomic mass is 16.5. The van der Waals surface area contributed by atoms with Crippen molar-refractivity contribution in [3.63, 3.8) is 0 Å². The quantitative estimate of drug-likeness (QED) is 0.510. The number of carbonyl (C=O) groups is 2. The highest BCUT2D eigenvalue weighted by Crippen LogP contribution is 2.40. The molecule has 1 fully saturated rings. The number of nitrogens with zero attached hydrogens (tertiary/aromatic N) is 2. The molecule has 0 aliphatic carbocycles. The fourth-order valence-corrected chi connectivity index (χ4v) is 4.95. The van der Waals surface area contributed by atoms with Crippen LogP contribution in [0.15, 0.2) is 65.5 Å². The van der Waals surface area contributed by atoms with E-state index in [2.05, 4.69) is 10.6 Å². The Morgan fingerprint density at radius 3 is 2.35 bits per heavy atom. The number of pyridine rings is 1. The SMILES string of the molecule is COc1cc(NC(=O)N2C[C@@H]3C[C@H](C2)n2c3ccc(NC(=O)COc3ccccc3)c2=O)cc(OC)c1. The average molecular weight is 505 g/mol. The van der Waals surface area contributed by atoms with Gasteiger partial charge >= 0.3 is 6.03 Å². The van der Waals surface area contributed by atoms with Crippen molar-refractivity contribution in [3.8, 4) is 17.2 Å². The second-order valence-electron chi connectivity index (χ2n) is 9.02. The summed E-state index contributed by atoms with van der Waals surface area (Å²) in [6, 6.07) is 17.2. The molecule has 2 bridgehead atoms. The van der Waals surface area contributed by atoms with Gasteiger partial charge in [0.15, 0.2) is 6.61 Å². The number of amides is 3. The molecule has 0 spiro atoms. The zero-order valence-corrected chi connectivity index (χ0v) is 20.6. The summed E-state index contributed by atoms with van der Waals surface area (Å²) in [6.07, 6.45) is 0.764. The average Bonchev–Trinajstić information content (AvgIpc) is 3.18. The maximum Gasteiger partial charge on any atom is 0.321 e. The summed E-state index contributed by atoms with van der Waals surface area (Å²) in [5.74, 6) is 1.32. The van der Waals surface area contributed by atoms with Crippen LogP contribution in [0.2, 0.25) is 0 Å². The Balaban J connectivity index is 1.26. The van der Waals surface area contributed by atoms with Crippen molar-refractivity contribution in [1.29, 1.82) is 0 Å². The molecule has 3 amide bonds. The van der Waals surface area contributed by atoms with Gasteiger partial charge in [-0.25, -0.2) is 4.79 Å². The Bertz CT molecular complexity index is 1350. The fraction of sp³-hybridized carbons (Fsp3) is 0.296. The lowest BCUT2D eigenvalue weighted by Crippen LogP contribution is -2.43. The molecule has 2 aromatic carbocycles. The predicted molar refractivity (Wildman–Crippen MR) is 138 cm³/mol. The van der Waals surface area contributed by atoms with Crippen molar-refractivity contribution in [1.82, 2.24) is 9.47 Å². The Hall–Kier alpha value is -4.47. The third-order valence-electron chi connectivity index (χ3n) is 6.64. The van der Waals surface area contributed by atoms with Crippen LogP contribution in [0.3, 0.4) is 0 Å². The van der Waals surface area contributed by atoms with E-state index < -0.39 is 5.91 Å². The molecule has 3 aromatic rings. The summed E-state index contributed by atoms with van der Waals surface area (Å²) in [5.41, 5.74) is 1.33. The van der Waals surface area contributed by atoms with Crippen molar-refractivity contribution >= 4 is 23.3 Å². The van der Waals surface area contributed by atoms with Gasteiger partial charge in [0.2, 0.25) is 0 Å². The van der Waals surface area contributed by atoms with Crippen LogP contribution >= 0.6 is 0 Å². The molecule has 192 valence electrons. The van der Waals surface area contributed by atoms with Gasteiger partial charge in [-0.2, -0.15) is 0 Å². The minimum Gasteiger partial charge on any atom is -0.497 e. The molecule has 1 saturated heterocycles. The van der Waals surface area contributed by atoms with E-state index in [4.69, 9.17) is 14.2 Å². The van der Waals surface area contributed by atoms with E-state index in [-0.39, 0.29) is 35.8 Å². The van der Waals surface area contributed by atoms with Crippen molar-refractivity contribution in [3.05, 3.63) is 76.7 Å². The number of benzene rings is 2. The Kier molecular flexibility index (Phi) is 6.72. The zero-order valence-electron chi connectivity index (χ0n) is 20.6. The molecular weight excluding hydrogens is 476 g/mol. The third-order valence-corrected chi connectivity index (χ3v) is 6.64. The lowest BCUT2D eigenvalue weighted by molar-refractivity contribution is -0.118. The number of hydrogen-bond acceptors (Lipinski definition) is 6. The summed E-state index contributed by atoms with van der Waals surface area (Å²) in [5, 5.41) is 5.57. The first-order valence-electron chi connectivity index (χ1n) is 12.0. The molecule has 2 aliphatic heterocycles. The molecule has 5 rings (SSSR count). The number of fused-ring (bicyclic) bond motifs is 5. The minimum atomic E-state index is -0.419. The number of anilines is 2.